The summed E-state index contributed by atoms with van der Waals surface area (Å²) in [5.74, 6) is -0.514. The molecule has 1 spiro atoms. The third kappa shape index (κ3) is 6.68. The number of nitrogen functional groups attached to an aromatic ring is 1. The minimum atomic E-state index is -4.70. The molecule has 13 heteroatoms. The largest absolute Gasteiger partial charge is 0.436 e. The number of likely N-dealkylation sites (tertiary alicyclic amines) is 2. The van der Waals surface area contributed by atoms with E-state index < -0.39 is 40.9 Å². The van der Waals surface area contributed by atoms with Crippen LogP contribution in [-0.4, -0.2) is 85.0 Å². The van der Waals surface area contributed by atoms with Crippen molar-refractivity contribution in [1.82, 2.24) is 14.7 Å². The molecule has 3 heterocycles. The lowest BCUT2D eigenvalue weighted by Crippen LogP contribution is -2.52. The third-order valence-electron chi connectivity index (χ3n) is 9.19. The van der Waals surface area contributed by atoms with E-state index in [2.05, 4.69) is 26.1 Å². The van der Waals surface area contributed by atoms with Crippen molar-refractivity contribution in [1.29, 1.82) is 0 Å². The average Bonchev–Trinajstić information content (AvgIpc) is 2.98. The molecule has 2 aromatic carbocycles. The molecule has 2 fully saturated rings. The summed E-state index contributed by atoms with van der Waals surface area (Å²) < 4.78 is 47.0. The molecule has 2 saturated heterocycles. The smallest absolute Gasteiger partial charge is 0.418 e. The maximum atomic E-state index is 13.8. The van der Waals surface area contributed by atoms with Crippen LogP contribution in [0.3, 0.4) is 0 Å². The first-order chi connectivity index (χ1) is 20.8. The summed E-state index contributed by atoms with van der Waals surface area (Å²) in [4.78, 5) is 45.0. The average molecular weight is 681 g/mol. The summed E-state index contributed by atoms with van der Waals surface area (Å²) in [5.41, 5.74) is 5.78. The Morgan fingerprint density at radius 3 is 2.41 bits per heavy atom. The minimum Gasteiger partial charge on any atom is -0.436 e. The van der Waals surface area contributed by atoms with Crippen LogP contribution in [0.25, 0.3) is 0 Å². The van der Waals surface area contributed by atoms with Crippen molar-refractivity contribution in [3.8, 4) is 0 Å². The minimum absolute atomic E-state index is 0.0461. The highest BCUT2D eigenvalue weighted by Crippen LogP contribution is 2.45. The zero-order valence-corrected chi connectivity index (χ0v) is 26.3. The first kappa shape index (κ1) is 32.1. The van der Waals surface area contributed by atoms with Crippen molar-refractivity contribution < 1.29 is 32.3 Å². The van der Waals surface area contributed by atoms with Gasteiger partial charge in [-0.05, 0) is 85.0 Å². The van der Waals surface area contributed by atoms with Crippen LogP contribution in [-0.2, 0) is 32.3 Å². The summed E-state index contributed by atoms with van der Waals surface area (Å²) in [7, 11) is 3.95. The van der Waals surface area contributed by atoms with Gasteiger partial charge in [0.05, 0.1) is 11.3 Å². The number of anilines is 2. The lowest BCUT2D eigenvalue weighted by atomic mass is 9.68. The fraction of sp³-hybridized carbons (Fsp3) is 0.516. The number of rotatable bonds is 5. The Labute approximate surface area is 263 Å². The molecule has 44 heavy (non-hydrogen) atoms. The van der Waals surface area contributed by atoms with Crippen LogP contribution in [0.2, 0.25) is 0 Å². The maximum absolute atomic E-state index is 13.8. The van der Waals surface area contributed by atoms with Crippen molar-refractivity contribution in [3.63, 3.8) is 0 Å². The van der Waals surface area contributed by atoms with Crippen LogP contribution < -0.4 is 11.1 Å². The maximum Gasteiger partial charge on any atom is 0.418 e. The van der Waals surface area contributed by atoms with Gasteiger partial charge in [0.2, 0.25) is 5.91 Å². The lowest BCUT2D eigenvalue weighted by Gasteiger charge is -2.44. The van der Waals surface area contributed by atoms with Crippen LogP contribution in [0.5, 0.6) is 0 Å². The number of nitrogens with zero attached hydrogens (tertiary/aromatic N) is 3. The van der Waals surface area contributed by atoms with Gasteiger partial charge >= 0.3 is 12.3 Å². The number of nitrogens with one attached hydrogen (secondary N) is 1. The van der Waals surface area contributed by atoms with Crippen LogP contribution in [0.15, 0.2) is 40.9 Å². The normalized spacial score (nSPS) is 19.5. The van der Waals surface area contributed by atoms with E-state index in [0.717, 1.165) is 30.2 Å². The molecule has 3 amide bonds. The van der Waals surface area contributed by atoms with E-state index in [-0.39, 0.29) is 22.4 Å². The number of fused-ring (bicyclic) bond motifs is 2. The van der Waals surface area contributed by atoms with E-state index in [4.69, 9.17) is 10.5 Å². The highest BCUT2D eigenvalue weighted by molar-refractivity contribution is 9.10. The molecule has 9 nitrogen and oxygen atoms in total. The second-order valence-corrected chi connectivity index (χ2v) is 13.0. The predicted octanol–water partition coefficient (Wildman–Crippen LogP) is 5.03. The molecule has 0 unspecified atom stereocenters. The Kier molecular flexibility index (Phi) is 9.18. The van der Waals surface area contributed by atoms with Gasteiger partial charge in [-0.3, -0.25) is 9.59 Å². The molecular weight excluding hydrogens is 643 g/mol. The van der Waals surface area contributed by atoms with Gasteiger partial charge in [-0.25, -0.2) is 4.79 Å². The molecule has 3 aliphatic rings. The lowest BCUT2D eigenvalue weighted by molar-refractivity contribution is -0.142. The number of nitrogens with two attached hydrogens (primary N) is 1. The number of amides is 3. The number of hydrogen-bond acceptors (Lipinski definition) is 6. The van der Waals surface area contributed by atoms with Gasteiger partial charge in [0.15, 0.2) is 6.10 Å². The molecule has 3 aliphatic heterocycles. The number of carbonyl (C=O) groups is 3. The standard InChI is InChI=1S/C31H37BrF3N5O4/c1-38(2)20-7-11-39(12-8-20)28(42)25(17-19-15-22(31(33,34)35)27(36)23(32)16-19)44-29(43)40-13-9-30(10-14-40)18-26(41)37-24-6-4-3-5-21(24)30/h3-6,15-16,20,25H,7-14,17-18,36H2,1-2H3,(H,37,41)/t25-/m1/s1. The Bertz CT molecular complexity index is 1420. The molecular formula is C31H37BrF3N5O4. The third-order valence-corrected chi connectivity index (χ3v) is 9.85. The molecule has 2 aromatic rings. The second-order valence-electron chi connectivity index (χ2n) is 12.2. The van der Waals surface area contributed by atoms with Crippen LogP contribution in [0, 0.1) is 0 Å². The van der Waals surface area contributed by atoms with Gasteiger partial charge in [0.1, 0.15) is 0 Å². The van der Waals surface area contributed by atoms with E-state index in [1.807, 2.05) is 38.4 Å². The Balaban J connectivity index is 1.34. The molecule has 0 radical (unpaired) electrons. The first-order valence-electron chi connectivity index (χ1n) is 14.7. The number of halogens is 4. The second kappa shape index (κ2) is 12.6. The number of ether oxygens (including phenoxy) is 1. The van der Waals surface area contributed by atoms with Gasteiger partial charge < -0.3 is 30.5 Å². The quantitative estimate of drug-likeness (QED) is 0.430. The van der Waals surface area contributed by atoms with Crippen molar-refractivity contribution in [2.45, 2.75) is 62.3 Å². The zero-order chi connectivity index (χ0) is 31.8. The van der Waals surface area contributed by atoms with Crippen LogP contribution in [0.1, 0.15) is 48.8 Å². The Morgan fingerprint density at radius 2 is 1.77 bits per heavy atom. The van der Waals surface area contributed by atoms with E-state index in [1.54, 1.807) is 4.90 Å². The summed E-state index contributed by atoms with van der Waals surface area (Å²) in [6.45, 7) is 1.51. The van der Waals surface area contributed by atoms with E-state index >= 15 is 0 Å². The van der Waals surface area contributed by atoms with Crippen molar-refractivity contribution >= 4 is 45.2 Å². The van der Waals surface area contributed by atoms with E-state index in [9.17, 15) is 27.6 Å². The highest BCUT2D eigenvalue weighted by Gasteiger charge is 2.44. The zero-order valence-electron chi connectivity index (χ0n) is 24.8. The number of piperidine rings is 2. The summed E-state index contributed by atoms with van der Waals surface area (Å²) in [5, 5.41) is 2.92. The molecule has 0 saturated carbocycles. The number of benzene rings is 2. The molecule has 0 bridgehead atoms. The first-order valence-corrected chi connectivity index (χ1v) is 15.5. The summed E-state index contributed by atoms with van der Waals surface area (Å²) in [6.07, 6.45) is -4.15. The van der Waals surface area contributed by atoms with Crippen LogP contribution in [0.4, 0.5) is 29.3 Å². The van der Waals surface area contributed by atoms with Crippen molar-refractivity contribution in [2.24, 2.45) is 0 Å². The number of carbonyl (C=O) groups excluding carboxylic acids is 3. The fourth-order valence-corrected chi connectivity index (χ4v) is 7.14. The monoisotopic (exact) mass is 679 g/mol. The molecule has 5 rings (SSSR count). The summed E-state index contributed by atoms with van der Waals surface area (Å²) in [6, 6.07) is 10.3. The van der Waals surface area contributed by atoms with Gasteiger partial charge in [0.25, 0.3) is 5.91 Å². The van der Waals surface area contributed by atoms with Crippen molar-refractivity contribution in [2.75, 3.05) is 51.3 Å². The topological polar surface area (TPSA) is 108 Å². The molecule has 3 N–H and O–H groups in total. The predicted molar refractivity (Wildman–Crippen MR) is 163 cm³/mol. The van der Waals surface area contributed by atoms with Crippen LogP contribution >= 0.6 is 15.9 Å². The molecule has 1 atom stereocenters. The van der Waals surface area contributed by atoms with E-state index in [0.29, 0.717) is 51.5 Å². The van der Waals surface area contributed by atoms with E-state index in [1.165, 1.54) is 11.0 Å². The van der Waals surface area contributed by atoms with Gasteiger partial charge in [-0.1, -0.05) is 18.2 Å². The molecule has 0 aromatic heterocycles. The van der Waals surface area contributed by atoms with Crippen molar-refractivity contribution in [3.05, 3.63) is 57.6 Å². The fourth-order valence-electron chi connectivity index (χ4n) is 6.64. The number of para-hydroxylation sites is 1. The van der Waals surface area contributed by atoms with Gasteiger partial charge in [-0.2, -0.15) is 13.2 Å². The molecule has 0 aliphatic carbocycles. The summed E-state index contributed by atoms with van der Waals surface area (Å²) >= 11 is 3.11. The Hall–Kier alpha value is -3.32. The number of alkyl halides is 3. The van der Waals surface area contributed by atoms with Gasteiger partial charge in [0, 0.05) is 60.6 Å². The number of hydrogen-bond donors (Lipinski definition) is 2. The Morgan fingerprint density at radius 1 is 1.11 bits per heavy atom. The van der Waals surface area contributed by atoms with Gasteiger partial charge in [-0.15, -0.1) is 0 Å². The molecule has 238 valence electrons. The SMILES string of the molecule is CN(C)C1CCN(C(=O)[C@@H](Cc2cc(Br)c(N)c(C(F)(F)F)c2)OC(=O)N2CCC3(CC2)CC(=O)Nc2ccccc23)CC1. The highest BCUT2D eigenvalue weighted by atomic mass is 79.9.